The molecule has 1 N–H and O–H groups in total. The fourth-order valence-electron chi connectivity index (χ4n) is 2.58. The van der Waals surface area contributed by atoms with E-state index in [0.717, 1.165) is 25.3 Å². The van der Waals surface area contributed by atoms with Crippen LogP contribution in [-0.2, 0) is 11.3 Å². The summed E-state index contributed by atoms with van der Waals surface area (Å²) in [4.78, 5) is 4.44. The average molecular weight is 267 g/mol. The Morgan fingerprint density at radius 1 is 1.26 bits per heavy atom. The lowest BCUT2D eigenvalue weighted by molar-refractivity contribution is 0.126. The fourth-order valence-corrected chi connectivity index (χ4v) is 2.58. The number of nitrogens with zero attached hydrogens (tertiary/aromatic N) is 2. The maximum absolute atomic E-state index is 5.36. The number of hydrogen-bond acceptors (Lipinski definition) is 5. The molecule has 0 saturated heterocycles. The molecule has 0 aliphatic heterocycles. The topological polar surface area (TPSA) is 60.2 Å². The van der Waals surface area contributed by atoms with Crippen molar-refractivity contribution in [3.05, 3.63) is 11.7 Å². The van der Waals surface area contributed by atoms with Gasteiger partial charge in [0.1, 0.15) is 6.61 Å². The van der Waals surface area contributed by atoms with Gasteiger partial charge in [-0.3, -0.25) is 0 Å². The number of aromatic nitrogens is 2. The van der Waals surface area contributed by atoms with Crippen molar-refractivity contribution in [2.75, 3.05) is 13.2 Å². The number of ether oxygens (including phenoxy) is 1. The van der Waals surface area contributed by atoms with Gasteiger partial charge in [-0.15, -0.1) is 0 Å². The molecule has 0 atom stereocenters. The Kier molecular flexibility index (Phi) is 5.79. The predicted octanol–water partition coefficient (Wildman–Crippen LogP) is 2.63. The molecule has 1 fully saturated rings. The smallest absolute Gasteiger partial charge is 0.229 e. The fraction of sp³-hybridized carbons (Fsp3) is 0.857. The van der Waals surface area contributed by atoms with Crippen LogP contribution in [0.4, 0.5) is 0 Å². The second-order valence-electron chi connectivity index (χ2n) is 5.19. The maximum atomic E-state index is 5.36. The summed E-state index contributed by atoms with van der Waals surface area (Å²) in [5.41, 5.74) is 0. The molecule has 0 amide bonds. The van der Waals surface area contributed by atoms with Gasteiger partial charge in [0, 0.05) is 18.6 Å². The van der Waals surface area contributed by atoms with Crippen molar-refractivity contribution >= 4 is 0 Å². The predicted molar refractivity (Wildman–Crippen MR) is 72.9 cm³/mol. The minimum atomic E-state index is 0.433. The third-order valence-electron chi connectivity index (χ3n) is 3.68. The highest BCUT2D eigenvalue weighted by molar-refractivity contribution is 4.96. The van der Waals surface area contributed by atoms with E-state index in [1.807, 2.05) is 6.92 Å². The van der Waals surface area contributed by atoms with Crippen molar-refractivity contribution in [3.63, 3.8) is 0 Å². The zero-order valence-corrected chi connectivity index (χ0v) is 12.0. The zero-order chi connectivity index (χ0) is 13.5. The molecular weight excluding hydrogens is 242 g/mol. The number of hydrogen-bond donors (Lipinski definition) is 1. The molecule has 0 unspecified atom stereocenters. The molecule has 1 aliphatic carbocycles. The molecule has 0 radical (unpaired) electrons. The quantitative estimate of drug-likeness (QED) is 0.823. The van der Waals surface area contributed by atoms with Crippen LogP contribution in [0.5, 0.6) is 0 Å². The lowest BCUT2D eigenvalue weighted by Gasteiger charge is -2.27. The Morgan fingerprint density at radius 2 is 2.05 bits per heavy atom. The lowest BCUT2D eigenvalue weighted by atomic mass is 9.86. The first-order chi connectivity index (χ1) is 9.33. The number of rotatable bonds is 7. The molecule has 5 heteroatoms. The van der Waals surface area contributed by atoms with Crippen LogP contribution in [0, 0.1) is 0 Å². The molecule has 0 aromatic carbocycles. The first-order valence-electron chi connectivity index (χ1n) is 7.47. The Labute approximate surface area is 115 Å². The summed E-state index contributed by atoms with van der Waals surface area (Å²) in [7, 11) is 0. The van der Waals surface area contributed by atoms with E-state index in [9.17, 15) is 0 Å². The van der Waals surface area contributed by atoms with Gasteiger partial charge < -0.3 is 14.6 Å². The van der Waals surface area contributed by atoms with Crippen LogP contribution in [-0.4, -0.2) is 29.3 Å². The van der Waals surface area contributed by atoms with Crippen molar-refractivity contribution in [2.24, 2.45) is 0 Å². The van der Waals surface area contributed by atoms with Gasteiger partial charge in [-0.1, -0.05) is 12.1 Å². The van der Waals surface area contributed by atoms with Crippen LogP contribution in [0.2, 0.25) is 0 Å². The van der Waals surface area contributed by atoms with E-state index < -0.39 is 0 Å². The summed E-state index contributed by atoms with van der Waals surface area (Å²) in [6, 6.07) is 0.669. The van der Waals surface area contributed by atoms with Crippen molar-refractivity contribution in [1.29, 1.82) is 0 Å². The van der Waals surface area contributed by atoms with Crippen molar-refractivity contribution in [3.8, 4) is 0 Å². The van der Waals surface area contributed by atoms with E-state index in [0.29, 0.717) is 31.0 Å². The SMILES string of the molecule is CCCNC1CCC(c2nc(COCC)no2)CC1. The Balaban J connectivity index is 1.78. The first-order valence-corrected chi connectivity index (χ1v) is 7.47. The normalized spacial score (nSPS) is 23.7. The lowest BCUT2D eigenvalue weighted by Crippen LogP contribution is -2.33. The first kappa shape index (κ1) is 14.5. The molecule has 0 bridgehead atoms. The average Bonchev–Trinajstić information content (AvgIpc) is 2.92. The molecule has 1 saturated carbocycles. The van der Waals surface area contributed by atoms with Gasteiger partial charge in [0.05, 0.1) is 0 Å². The standard InChI is InChI=1S/C14H25N3O2/c1-3-9-15-12-7-5-11(6-8-12)14-16-13(17-19-14)10-18-4-2/h11-12,15H,3-10H2,1-2H3. The van der Waals surface area contributed by atoms with Crippen molar-refractivity contribution in [2.45, 2.75) is 64.5 Å². The van der Waals surface area contributed by atoms with Crippen LogP contribution >= 0.6 is 0 Å². The van der Waals surface area contributed by atoms with Gasteiger partial charge in [-0.05, 0) is 45.6 Å². The van der Waals surface area contributed by atoms with Gasteiger partial charge in [0.2, 0.25) is 5.89 Å². The molecule has 5 nitrogen and oxygen atoms in total. The molecule has 19 heavy (non-hydrogen) atoms. The minimum Gasteiger partial charge on any atom is -0.374 e. The van der Waals surface area contributed by atoms with Crippen LogP contribution in [0.25, 0.3) is 0 Å². The van der Waals surface area contributed by atoms with Crippen molar-refractivity contribution < 1.29 is 9.26 Å². The van der Waals surface area contributed by atoms with Gasteiger partial charge >= 0.3 is 0 Å². The van der Waals surface area contributed by atoms with E-state index in [2.05, 4.69) is 22.4 Å². The van der Waals surface area contributed by atoms with E-state index in [1.54, 1.807) is 0 Å². The summed E-state index contributed by atoms with van der Waals surface area (Å²) in [5.74, 6) is 1.90. The van der Waals surface area contributed by atoms with E-state index >= 15 is 0 Å². The summed E-state index contributed by atoms with van der Waals surface area (Å²) in [6.07, 6.45) is 5.88. The molecule has 108 valence electrons. The molecule has 0 spiro atoms. The molecular formula is C14H25N3O2. The Bertz CT molecular complexity index is 359. The van der Waals surface area contributed by atoms with E-state index in [-0.39, 0.29) is 0 Å². The minimum absolute atomic E-state index is 0.433. The highest BCUT2D eigenvalue weighted by atomic mass is 16.5. The third-order valence-corrected chi connectivity index (χ3v) is 3.68. The monoisotopic (exact) mass is 267 g/mol. The summed E-state index contributed by atoms with van der Waals surface area (Å²) < 4.78 is 10.6. The van der Waals surface area contributed by atoms with Gasteiger partial charge in [0.25, 0.3) is 0 Å². The van der Waals surface area contributed by atoms with Crippen LogP contribution in [0.15, 0.2) is 4.52 Å². The highest BCUT2D eigenvalue weighted by Gasteiger charge is 2.26. The van der Waals surface area contributed by atoms with Gasteiger partial charge in [-0.25, -0.2) is 0 Å². The second kappa shape index (κ2) is 7.60. The molecule has 1 aromatic rings. The molecule has 1 heterocycles. The number of nitrogens with one attached hydrogen (secondary N) is 1. The summed E-state index contributed by atoms with van der Waals surface area (Å²) >= 11 is 0. The molecule has 1 aliphatic rings. The van der Waals surface area contributed by atoms with E-state index in [1.165, 1.54) is 19.3 Å². The second-order valence-corrected chi connectivity index (χ2v) is 5.19. The highest BCUT2D eigenvalue weighted by Crippen LogP contribution is 2.31. The van der Waals surface area contributed by atoms with E-state index in [4.69, 9.17) is 9.26 Å². The molecule has 1 aromatic heterocycles. The van der Waals surface area contributed by atoms with Gasteiger partial charge in [-0.2, -0.15) is 4.98 Å². The van der Waals surface area contributed by atoms with Crippen LogP contribution < -0.4 is 5.32 Å². The zero-order valence-electron chi connectivity index (χ0n) is 12.0. The summed E-state index contributed by atoms with van der Waals surface area (Å²) in [5, 5.41) is 7.56. The summed E-state index contributed by atoms with van der Waals surface area (Å²) in [6.45, 7) is 6.42. The maximum Gasteiger partial charge on any atom is 0.229 e. The Hall–Kier alpha value is -0.940. The third kappa shape index (κ3) is 4.28. The Morgan fingerprint density at radius 3 is 2.74 bits per heavy atom. The van der Waals surface area contributed by atoms with Gasteiger partial charge in [0.15, 0.2) is 5.82 Å². The van der Waals surface area contributed by atoms with Crippen LogP contribution in [0.3, 0.4) is 0 Å². The van der Waals surface area contributed by atoms with Crippen LogP contribution in [0.1, 0.15) is 63.6 Å². The molecule has 2 rings (SSSR count). The van der Waals surface area contributed by atoms with Crippen molar-refractivity contribution in [1.82, 2.24) is 15.5 Å². The largest absolute Gasteiger partial charge is 0.374 e.